The van der Waals surface area contributed by atoms with Crippen LogP contribution in [0, 0.1) is 11.3 Å². The summed E-state index contributed by atoms with van der Waals surface area (Å²) in [5.74, 6) is 1.47. The van der Waals surface area contributed by atoms with Crippen LogP contribution in [0.2, 0.25) is 0 Å². The van der Waals surface area contributed by atoms with Crippen LogP contribution in [0.25, 0.3) is 10.9 Å². The third-order valence-corrected chi connectivity index (χ3v) is 5.49. The average Bonchev–Trinajstić information content (AvgIpc) is 3.13. The first-order chi connectivity index (χ1) is 15.5. The van der Waals surface area contributed by atoms with Gasteiger partial charge in [-0.1, -0.05) is 0 Å². The summed E-state index contributed by atoms with van der Waals surface area (Å²) in [6.07, 6.45) is 5.08. The SMILES string of the molecule is COc1nc(N[C@@H]2CCCN(c3cc4c(cn3)c(NC(=O)CCl)nn4C)C2)ncc1C#N. The molecular weight excluding hydrogens is 434 g/mol. The number of pyridine rings is 1. The normalized spacial score (nSPS) is 15.9. The molecule has 1 saturated heterocycles. The first-order valence-electron chi connectivity index (χ1n) is 10.0. The number of nitrogens with one attached hydrogen (secondary N) is 2. The zero-order valence-corrected chi connectivity index (χ0v) is 18.4. The predicted molar refractivity (Wildman–Crippen MR) is 120 cm³/mol. The lowest BCUT2D eigenvalue weighted by molar-refractivity contribution is -0.113. The summed E-state index contributed by atoms with van der Waals surface area (Å²) in [7, 11) is 3.29. The number of fused-ring (bicyclic) bond motifs is 1. The largest absolute Gasteiger partial charge is 0.480 e. The number of piperidine rings is 1. The van der Waals surface area contributed by atoms with E-state index in [2.05, 4.69) is 35.6 Å². The molecule has 0 spiro atoms. The van der Waals surface area contributed by atoms with E-state index in [1.807, 2.05) is 19.2 Å². The zero-order chi connectivity index (χ0) is 22.7. The number of aryl methyl sites for hydroxylation is 1. The van der Waals surface area contributed by atoms with Gasteiger partial charge in [-0.15, -0.1) is 11.6 Å². The van der Waals surface area contributed by atoms with Gasteiger partial charge < -0.3 is 20.3 Å². The fourth-order valence-electron chi connectivity index (χ4n) is 3.73. The maximum Gasteiger partial charge on any atom is 0.240 e. The van der Waals surface area contributed by atoms with Crippen LogP contribution >= 0.6 is 11.6 Å². The lowest BCUT2D eigenvalue weighted by atomic mass is 10.1. The van der Waals surface area contributed by atoms with Crippen molar-refractivity contribution in [2.24, 2.45) is 7.05 Å². The quantitative estimate of drug-likeness (QED) is 0.534. The van der Waals surface area contributed by atoms with Crippen LogP contribution in [0.1, 0.15) is 18.4 Å². The average molecular weight is 456 g/mol. The molecule has 0 aliphatic carbocycles. The number of carbonyl (C=O) groups is 1. The Bertz CT molecular complexity index is 1190. The van der Waals surface area contributed by atoms with E-state index >= 15 is 0 Å². The number of carbonyl (C=O) groups excluding carboxylic acids is 1. The number of aromatic nitrogens is 5. The van der Waals surface area contributed by atoms with Crippen molar-refractivity contribution in [2.45, 2.75) is 18.9 Å². The first-order valence-corrected chi connectivity index (χ1v) is 10.6. The fourth-order valence-corrected chi connectivity index (χ4v) is 3.79. The van der Waals surface area contributed by atoms with Gasteiger partial charge in [0.2, 0.25) is 17.7 Å². The molecule has 1 fully saturated rings. The molecule has 4 rings (SSSR count). The highest BCUT2D eigenvalue weighted by atomic mass is 35.5. The summed E-state index contributed by atoms with van der Waals surface area (Å²) in [5, 5.41) is 20.2. The van der Waals surface area contributed by atoms with Gasteiger partial charge in [-0.2, -0.15) is 15.3 Å². The highest BCUT2D eigenvalue weighted by molar-refractivity contribution is 6.29. The fraction of sp³-hybridized carbons (Fsp3) is 0.400. The van der Waals surface area contributed by atoms with Crippen molar-refractivity contribution < 1.29 is 9.53 Å². The molecule has 3 aromatic rings. The number of hydrogen-bond donors (Lipinski definition) is 2. The van der Waals surface area contributed by atoms with E-state index in [-0.39, 0.29) is 23.7 Å². The van der Waals surface area contributed by atoms with E-state index in [1.54, 1.807) is 10.9 Å². The minimum Gasteiger partial charge on any atom is -0.480 e. The van der Waals surface area contributed by atoms with Gasteiger partial charge in [-0.05, 0) is 12.8 Å². The van der Waals surface area contributed by atoms with Crippen LogP contribution in [0.15, 0.2) is 18.5 Å². The third-order valence-electron chi connectivity index (χ3n) is 5.25. The maximum atomic E-state index is 11.6. The number of rotatable bonds is 6. The lowest BCUT2D eigenvalue weighted by Gasteiger charge is -2.34. The summed E-state index contributed by atoms with van der Waals surface area (Å²) < 4.78 is 6.88. The molecule has 1 aliphatic heterocycles. The molecule has 32 heavy (non-hydrogen) atoms. The zero-order valence-electron chi connectivity index (χ0n) is 17.7. The number of methoxy groups -OCH3 is 1. The summed E-state index contributed by atoms with van der Waals surface area (Å²) in [6.45, 7) is 1.57. The van der Waals surface area contributed by atoms with Gasteiger partial charge in [0.1, 0.15) is 23.3 Å². The number of halogens is 1. The molecule has 11 nitrogen and oxygen atoms in total. The van der Waals surface area contributed by atoms with Crippen molar-refractivity contribution in [2.75, 3.05) is 41.6 Å². The Morgan fingerprint density at radius 1 is 1.41 bits per heavy atom. The number of nitriles is 1. The molecule has 0 aromatic carbocycles. The van der Waals surface area contributed by atoms with Crippen molar-refractivity contribution in [3.05, 3.63) is 24.0 Å². The number of anilines is 3. The Labute approximate surface area is 189 Å². The summed E-state index contributed by atoms with van der Waals surface area (Å²) in [6, 6.07) is 4.07. The highest BCUT2D eigenvalue weighted by Crippen LogP contribution is 2.27. The molecule has 2 N–H and O–H groups in total. The van der Waals surface area contributed by atoms with E-state index in [0.29, 0.717) is 23.9 Å². The molecule has 166 valence electrons. The molecule has 0 unspecified atom stereocenters. The monoisotopic (exact) mass is 455 g/mol. The predicted octanol–water partition coefficient (Wildman–Crippen LogP) is 1.90. The molecule has 0 radical (unpaired) electrons. The molecule has 1 atom stereocenters. The molecule has 12 heteroatoms. The van der Waals surface area contributed by atoms with Crippen LogP contribution < -0.4 is 20.3 Å². The van der Waals surface area contributed by atoms with Crippen LogP contribution in [0.5, 0.6) is 5.88 Å². The van der Waals surface area contributed by atoms with Crippen molar-refractivity contribution >= 4 is 46.0 Å². The Balaban J connectivity index is 1.51. The summed E-state index contributed by atoms with van der Waals surface area (Å²) >= 11 is 5.59. The summed E-state index contributed by atoms with van der Waals surface area (Å²) in [4.78, 5) is 26.9. The smallest absolute Gasteiger partial charge is 0.240 e. The Morgan fingerprint density at radius 2 is 2.25 bits per heavy atom. The van der Waals surface area contributed by atoms with Crippen molar-refractivity contribution in [1.29, 1.82) is 5.26 Å². The van der Waals surface area contributed by atoms with Crippen molar-refractivity contribution in [1.82, 2.24) is 24.7 Å². The number of hydrogen-bond acceptors (Lipinski definition) is 9. The molecule has 1 amide bonds. The second-order valence-corrected chi connectivity index (χ2v) is 7.64. The van der Waals surface area contributed by atoms with E-state index in [9.17, 15) is 4.79 Å². The third kappa shape index (κ3) is 4.36. The van der Waals surface area contributed by atoms with Crippen LogP contribution in [0.3, 0.4) is 0 Å². The molecule has 4 heterocycles. The minimum absolute atomic E-state index is 0.101. The topological polar surface area (TPSA) is 134 Å². The molecule has 3 aromatic heterocycles. The Kier molecular flexibility index (Phi) is 6.23. The van der Waals surface area contributed by atoms with Crippen molar-refractivity contribution in [3.63, 3.8) is 0 Å². The second kappa shape index (κ2) is 9.23. The number of ether oxygens (including phenoxy) is 1. The lowest BCUT2D eigenvalue weighted by Crippen LogP contribution is -2.42. The van der Waals surface area contributed by atoms with E-state index in [4.69, 9.17) is 21.6 Å². The minimum atomic E-state index is -0.317. The second-order valence-electron chi connectivity index (χ2n) is 7.37. The molecule has 0 bridgehead atoms. The Hall–Kier alpha value is -3.65. The number of nitrogens with zero attached hydrogens (tertiary/aromatic N) is 7. The van der Waals surface area contributed by atoms with Gasteiger partial charge in [-0.25, -0.2) is 9.97 Å². The Morgan fingerprint density at radius 3 is 3.00 bits per heavy atom. The van der Waals surface area contributed by atoms with Gasteiger partial charge >= 0.3 is 0 Å². The van der Waals surface area contributed by atoms with Gasteiger partial charge in [0.25, 0.3) is 0 Å². The van der Waals surface area contributed by atoms with E-state index in [0.717, 1.165) is 36.1 Å². The maximum absolute atomic E-state index is 11.6. The van der Waals surface area contributed by atoms with Gasteiger partial charge in [-0.3, -0.25) is 9.48 Å². The highest BCUT2D eigenvalue weighted by Gasteiger charge is 2.23. The number of alkyl halides is 1. The molecule has 0 saturated carbocycles. The van der Waals surface area contributed by atoms with Gasteiger partial charge in [0.05, 0.1) is 24.2 Å². The standard InChI is InChI=1S/C20H22ClN9O2/c1-29-15-6-16(23-10-14(15)18(28-29)26-17(31)7-21)30-5-3-4-13(11-30)25-20-24-9-12(8-22)19(27-20)32-2/h6,9-10,13H,3-5,7,11H2,1-2H3,(H,24,25,27)(H,26,28,31)/t13-/m1/s1. The summed E-state index contributed by atoms with van der Waals surface area (Å²) in [5.41, 5.74) is 1.15. The van der Waals surface area contributed by atoms with Crippen LogP contribution in [-0.4, -0.2) is 62.8 Å². The van der Waals surface area contributed by atoms with E-state index in [1.165, 1.54) is 13.3 Å². The van der Waals surface area contributed by atoms with Crippen LogP contribution in [-0.2, 0) is 11.8 Å². The molecular formula is C20H22ClN9O2. The number of amides is 1. The van der Waals surface area contributed by atoms with Gasteiger partial charge in [0, 0.05) is 38.4 Å². The first kappa shape index (κ1) is 21.6. The molecule has 1 aliphatic rings. The van der Waals surface area contributed by atoms with E-state index < -0.39 is 0 Å². The van der Waals surface area contributed by atoms with Gasteiger partial charge in [0.15, 0.2) is 5.82 Å². The van der Waals surface area contributed by atoms with Crippen molar-refractivity contribution in [3.8, 4) is 11.9 Å². The van der Waals surface area contributed by atoms with Crippen LogP contribution in [0.4, 0.5) is 17.6 Å².